The highest BCUT2D eigenvalue weighted by atomic mass is 16.5. The van der Waals surface area contributed by atoms with Gasteiger partial charge in [0.15, 0.2) is 0 Å². The molecule has 1 saturated heterocycles. The van der Waals surface area contributed by atoms with Gasteiger partial charge in [0.2, 0.25) is 0 Å². The Morgan fingerprint density at radius 1 is 1.27 bits per heavy atom. The topological polar surface area (TPSA) is 38.5 Å². The van der Waals surface area contributed by atoms with Gasteiger partial charge in [0.1, 0.15) is 0 Å². The largest absolute Gasteiger partial charge is 0.379 e. The van der Waals surface area contributed by atoms with Crippen LogP contribution < -0.4 is 5.73 Å². The lowest BCUT2D eigenvalue weighted by Gasteiger charge is -2.28. The predicted octanol–water partition coefficient (Wildman–Crippen LogP) is -0.190. The molecule has 3 nitrogen and oxygen atoms in total. The molecule has 0 aromatic rings. The summed E-state index contributed by atoms with van der Waals surface area (Å²) in [5.74, 6) is 0. The number of ether oxygens (including phenoxy) is 1. The van der Waals surface area contributed by atoms with E-state index in [4.69, 9.17) is 10.5 Å². The fourth-order valence-electron chi connectivity index (χ4n) is 1.52. The maximum atomic E-state index is 5.99. The SMILES string of the molecule is NC1(CN2CCOCC2)CC1. The molecule has 2 fully saturated rings. The van der Waals surface area contributed by atoms with E-state index in [1.807, 2.05) is 0 Å². The normalized spacial score (nSPS) is 30.3. The van der Waals surface area contributed by atoms with Crippen LogP contribution in [-0.2, 0) is 4.74 Å². The second kappa shape index (κ2) is 2.73. The van der Waals surface area contributed by atoms with Crippen LogP contribution in [0.3, 0.4) is 0 Å². The van der Waals surface area contributed by atoms with Crippen LogP contribution in [0.25, 0.3) is 0 Å². The van der Waals surface area contributed by atoms with Crippen LogP contribution in [0.5, 0.6) is 0 Å². The fourth-order valence-corrected chi connectivity index (χ4v) is 1.52. The molecule has 0 radical (unpaired) electrons. The summed E-state index contributed by atoms with van der Waals surface area (Å²) in [6.45, 7) is 4.99. The molecule has 0 unspecified atom stereocenters. The van der Waals surface area contributed by atoms with E-state index in [1.54, 1.807) is 0 Å². The van der Waals surface area contributed by atoms with Crippen LogP contribution in [0.2, 0.25) is 0 Å². The Balaban J connectivity index is 1.76. The maximum absolute atomic E-state index is 5.99. The Hall–Kier alpha value is -0.120. The minimum Gasteiger partial charge on any atom is -0.379 e. The Labute approximate surface area is 67.5 Å². The molecule has 0 spiro atoms. The molecular weight excluding hydrogens is 140 g/mol. The van der Waals surface area contributed by atoms with E-state index in [0.717, 1.165) is 32.8 Å². The zero-order valence-electron chi connectivity index (χ0n) is 6.88. The highest BCUT2D eigenvalue weighted by Crippen LogP contribution is 2.32. The summed E-state index contributed by atoms with van der Waals surface area (Å²) in [5.41, 5.74) is 6.17. The van der Waals surface area contributed by atoms with Gasteiger partial charge in [-0.05, 0) is 12.8 Å². The van der Waals surface area contributed by atoms with Crippen LogP contribution in [-0.4, -0.2) is 43.3 Å². The van der Waals surface area contributed by atoms with Crippen LogP contribution in [0.1, 0.15) is 12.8 Å². The summed E-state index contributed by atoms with van der Waals surface area (Å²) in [7, 11) is 0. The van der Waals surface area contributed by atoms with Gasteiger partial charge in [-0.3, -0.25) is 4.90 Å². The lowest BCUT2D eigenvalue weighted by atomic mass is 10.2. The van der Waals surface area contributed by atoms with E-state index >= 15 is 0 Å². The second-order valence-corrected chi connectivity index (χ2v) is 3.75. The summed E-state index contributed by atoms with van der Waals surface area (Å²) in [6.07, 6.45) is 2.43. The van der Waals surface area contributed by atoms with Crippen molar-refractivity contribution in [2.75, 3.05) is 32.8 Å². The predicted molar refractivity (Wildman–Crippen MR) is 43.4 cm³/mol. The lowest BCUT2D eigenvalue weighted by molar-refractivity contribution is 0.0340. The van der Waals surface area contributed by atoms with Gasteiger partial charge in [-0.15, -0.1) is 0 Å². The number of rotatable bonds is 2. The van der Waals surface area contributed by atoms with Crippen molar-refractivity contribution < 1.29 is 4.74 Å². The third-order valence-corrected chi connectivity index (χ3v) is 2.53. The molecule has 1 aliphatic heterocycles. The van der Waals surface area contributed by atoms with Gasteiger partial charge in [0, 0.05) is 25.2 Å². The number of nitrogens with two attached hydrogens (primary N) is 1. The van der Waals surface area contributed by atoms with E-state index in [0.29, 0.717) is 0 Å². The zero-order valence-corrected chi connectivity index (χ0v) is 6.88. The summed E-state index contributed by atoms with van der Waals surface area (Å²) in [6, 6.07) is 0. The van der Waals surface area contributed by atoms with Gasteiger partial charge in [-0.1, -0.05) is 0 Å². The zero-order chi connectivity index (χ0) is 7.73. The van der Waals surface area contributed by atoms with E-state index in [9.17, 15) is 0 Å². The number of morpholine rings is 1. The molecule has 2 N–H and O–H groups in total. The first-order valence-electron chi connectivity index (χ1n) is 4.38. The van der Waals surface area contributed by atoms with Crippen LogP contribution in [0, 0.1) is 0 Å². The monoisotopic (exact) mass is 156 g/mol. The number of hydrogen-bond donors (Lipinski definition) is 1. The van der Waals surface area contributed by atoms with Crippen molar-refractivity contribution in [2.24, 2.45) is 5.73 Å². The highest BCUT2D eigenvalue weighted by Gasteiger charge is 2.39. The molecular formula is C8H16N2O. The van der Waals surface area contributed by atoms with Crippen molar-refractivity contribution in [3.05, 3.63) is 0 Å². The average Bonchev–Trinajstić information content (AvgIpc) is 2.70. The number of hydrogen-bond acceptors (Lipinski definition) is 3. The Morgan fingerprint density at radius 2 is 1.91 bits per heavy atom. The lowest BCUT2D eigenvalue weighted by Crippen LogP contribution is -2.44. The Bertz CT molecular complexity index is 139. The van der Waals surface area contributed by atoms with Crippen molar-refractivity contribution in [3.63, 3.8) is 0 Å². The van der Waals surface area contributed by atoms with Gasteiger partial charge in [-0.25, -0.2) is 0 Å². The minimum absolute atomic E-state index is 0.178. The quantitative estimate of drug-likeness (QED) is 0.602. The molecule has 1 heterocycles. The van der Waals surface area contributed by atoms with Crippen molar-refractivity contribution in [3.8, 4) is 0 Å². The molecule has 2 aliphatic rings. The molecule has 3 heteroatoms. The molecule has 0 atom stereocenters. The smallest absolute Gasteiger partial charge is 0.0594 e. The molecule has 0 amide bonds. The Kier molecular flexibility index (Phi) is 1.87. The Morgan fingerprint density at radius 3 is 2.45 bits per heavy atom. The molecule has 64 valence electrons. The standard InChI is InChI=1S/C8H16N2O/c9-8(1-2-8)7-10-3-5-11-6-4-10/h1-7,9H2. The molecule has 1 aliphatic carbocycles. The van der Waals surface area contributed by atoms with E-state index in [1.165, 1.54) is 12.8 Å². The molecule has 1 saturated carbocycles. The average molecular weight is 156 g/mol. The summed E-state index contributed by atoms with van der Waals surface area (Å²) >= 11 is 0. The van der Waals surface area contributed by atoms with Crippen molar-refractivity contribution in [1.82, 2.24) is 4.90 Å². The molecule has 0 bridgehead atoms. The van der Waals surface area contributed by atoms with Crippen LogP contribution in [0.4, 0.5) is 0 Å². The number of nitrogens with zero attached hydrogens (tertiary/aromatic N) is 1. The van der Waals surface area contributed by atoms with Gasteiger partial charge in [0.25, 0.3) is 0 Å². The van der Waals surface area contributed by atoms with Crippen LogP contribution in [0.15, 0.2) is 0 Å². The molecule has 0 aromatic heterocycles. The van der Waals surface area contributed by atoms with Gasteiger partial charge in [-0.2, -0.15) is 0 Å². The van der Waals surface area contributed by atoms with E-state index < -0.39 is 0 Å². The first-order valence-corrected chi connectivity index (χ1v) is 4.38. The van der Waals surface area contributed by atoms with Crippen LogP contribution >= 0.6 is 0 Å². The van der Waals surface area contributed by atoms with Crippen molar-refractivity contribution in [1.29, 1.82) is 0 Å². The summed E-state index contributed by atoms with van der Waals surface area (Å²) in [5, 5.41) is 0. The highest BCUT2D eigenvalue weighted by molar-refractivity contribution is 5.01. The van der Waals surface area contributed by atoms with E-state index in [-0.39, 0.29) is 5.54 Å². The first-order chi connectivity index (χ1) is 5.29. The van der Waals surface area contributed by atoms with Gasteiger partial charge < -0.3 is 10.5 Å². The maximum Gasteiger partial charge on any atom is 0.0594 e. The van der Waals surface area contributed by atoms with Crippen molar-refractivity contribution in [2.45, 2.75) is 18.4 Å². The van der Waals surface area contributed by atoms with Crippen molar-refractivity contribution >= 4 is 0 Å². The summed E-state index contributed by atoms with van der Waals surface area (Å²) < 4.78 is 5.25. The fraction of sp³-hybridized carbons (Fsp3) is 1.00. The molecule has 2 rings (SSSR count). The first kappa shape index (κ1) is 7.53. The third kappa shape index (κ3) is 1.92. The second-order valence-electron chi connectivity index (χ2n) is 3.75. The van der Waals surface area contributed by atoms with E-state index in [2.05, 4.69) is 4.90 Å². The van der Waals surface area contributed by atoms with Gasteiger partial charge in [0.05, 0.1) is 13.2 Å². The van der Waals surface area contributed by atoms with Gasteiger partial charge >= 0.3 is 0 Å². The third-order valence-electron chi connectivity index (χ3n) is 2.53. The molecule has 0 aromatic carbocycles. The minimum atomic E-state index is 0.178. The summed E-state index contributed by atoms with van der Waals surface area (Å²) in [4.78, 5) is 2.41. The molecule has 11 heavy (non-hydrogen) atoms.